The summed E-state index contributed by atoms with van der Waals surface area (Å²) in [4.78, 5) is 18.0. The van der Waals surface area contributed by atoms with Gasteiger partial charge in [-0.1, -0.05) is 0 Å². The molecule has 0 radical (unpaired) electrons. The third-order valence-corrected chi connectivity index (χ3v) is 0.625. The largest absolute Gasteiger partial charge is 0.481 e. The molecule has 0 rings (SSSR count). The number of hydrogen-bond acceptors (Lipinski definition) is 4. The van der Waals surface area contributed by atoms with E-state index in [4.69, 9.17) is 19.8 Å². The van der Waals surface area contributed by atoms with Gasteiger partial charge in [0, 0.05) is 26.9 Å². The van der Waals surface area contributed by atoms with Gasteiger partial charge < -0.3 is 20.8 Å². The van der Waals surface area contributed by atoms with Crippen LogP contribution in [0.5, 0.6) is 0 Å². The first-order valence-corrected chi connectivity index (χ1v) is 4.06. The third kappa shape index (κ3) is 305. The van der Waals surface area contributed by atoms with E-state index in [0.717, 1.165) is 26.9 Å². The second-order valence-electron chi connectivity index (χ2n) is 2.25. The van der Waals surface area contributed by atoms with Gasteiger partial charge in [-0.05, 0) is 14.1 Å². The highest BCUT2D eigenvalue weighted by Gasteiger charge is 1.71. The van der Waals surface area contributed by atoms with Crippen LogP contribution in [-0.4, -0.2) is 49.3 Å². The highest BCUT2D eigenvalue weighted by Crippen LogP contribution is 1.45. The van der Waals surface area contributed by atoms with Gasteiger partial charge in [0.05, 0.1) is 0 Å². The van der Waals surface area contributed by atoms with Crippen LogP contribution >= 0.6 is 0 Å². The highest BCUT2D eigenvalue weighted by atomic mass is 16.4. The normalized spacial score (nSPS) is 7.43. The molecule has 0 aliphatic carbocycles. The summed E-state index contributed by atoms with van der Waals surface area (Å²) in [5.41, 5.74) is 0. The molecule has 0 spiro atoms. The number of nitrogens with one attached hydrogen (secondary N) is 2. The van der Waals surface area contributed by atoms with Gasteiger partial charge in [0.2, 0.25) is 0 Å². The SMILES string of the molecule is CC(=O)O.CC(=O)O.CNCCNC. The molecule has 0 saturated heterocycles. The summed E-state index contributed by atoms with van der Waals surface area (Å²) < 4.78 is 0. The zero-order valence-electron chi connectivity index (χ0n) is 9.13. The van der Waals surface area contributed by atoms with Crippen LogP contribution in [0.3, 0.4) is 0 Å². The predicted molar refractivity (Wildman–Crippen MR) is 54.5 cm³/mol. The van der Waals surface area contributed by atoms with Gasteiger partial charge in [-0.2, -0.15) is 0 Å². The zero-order valence-corrected chi connectivity index (χ0v) is 9.13. The third-order valence-electron chi connectivity index (χ3n) is 0.625. The molecule has 86 valence electrons. The minimum Gasteiger partial charge on any atom is -0.481 e. The Morgan fingerprint density at radius 1 is 0.929 bits per heavy atom. The predicted octanol–water partition coefficient (Wildman–Crippen LogP) is -0.393. The Labute approximate surface area is 84.3 Å². The lowest BCUT2D eigenvalue weighted by Crippen LogP contribution is -2.21. The molecule has 0 aromatic carbocycles. The van der Waals surface area contributed by atoms with Crippen LogP contribution in [0.15, 0.2) is 0 Å². The number of aliphatic carboxylic acids is 2. The van der Waals surface area contributed by atoms with Crippen molar-refractivity contribution < 1.29 is 19.8 Å². The van der Waals surface area contributed by atoms with Crippen molar-refractivity contribution in [1.29, 1.82) is 0 Å². The number of carbonyl (C=O) groups is 2. The quantitative estimate of drug-likeness (QED) is 0.471. The lowest BCUT2D eigenvalue weighted by atomic mass is 10.6. The highest BCUT2D eigenvalue weighted by molar-refractivity contribution is 5.63. The van der Waals surface area contributed by atoms with E-state index in [2.05, 4.69) is 10.6 Å². The average molecular weight is 208 g/mol. The van der Waals surface area contributed by atoms with Crippen LogP contribution in [-0.2, 0) is 9.59 Å². The van der Waals surface area contributed by atoms with Crippen molar-refractivity contribution in [2.45, 2.75) is 13.8 Å². The molecule has 6 heteroatoms. The molecule has 0 amide bonds. The number of likely N-dealkylation sites (N-methyl/N-ethyl adjacent to an activating group) is 2. The maximum Gasteiger partial charge on any atom is 0.300 e. The molecular weight excluding hydrogens is 188 g/mol. The van der Waals surface area contributed by atoms with E-state index in [1.165, 1.54) is 0 Å². The molecule has 4 N–H and O–H groups in total. The number of hydrogen-bond donors (Lipinski definition) is 4. The maximum atomic E-state index is 9.00. The van der Waals surface area contributed by atoms with Crippen molar-refractivity contribution in [3.8, 4) is 0 Å². The molecular formula is C8H20N2O4. The summed E-state index contributed by atoms with van der Waals surface area (Å²) in [6, 6.07) is 0. The van der Waals surface area contributed by atoms with Gasteiger partial charge in [-0.3, -0.25) is 9.59 Å². The fraction of sp³-hybridized carbons (Fsp3) is 0.750. The van der Waals surface area contributed by atoms with Gasteiger partial charge in [-0.25, -0.2) is 0 Å². The molecule has 0 aliphatic heterocycles. The molecule has 0 unspecified atom stereocenters. The van der Waals surface area contributed by atoms with E-state index >= 15 is 0 Å². The Kier molecular flexibility index (Phi) is 23.7. The van der Waals surface area contributed by atoms with Crippen LogP contribution in [0.25, 0.3) is 0 Å². The van der Waals surface area contributed by atoms with Crippen molar-refractivity contribution in [3.05, 3.63) is 0 Å². The van der Waals surface area contributed by atoms with Crippen LogP contribution in [0, 0.1) is 0 Å². The first-order valence-electron chi connectivity index (χ1n) is 4.06. The number of carboxylic acids is 2. The Bertz CT molecular complexity index is 115. The Hall–Kier alpha value is -1.14. The second kappa shape index (κ2) is 17.8. The van der Waals surface area contributed by atoms with Crippen molar-refractivity contribution in [2.75, 3.05) is 27.2 Å². The van der Waals surface area contributed by atoms with Crippen LogP contribution in [0.2, 0.25) is 0 Å². The van der Waals surface area contributed by atoms with Gasteiger partial charge in [0.1, 0.15) is 0 Å². The molecule has 0 aromatic rings. The summed E-state index contributed by atoms with van der Waals surface area (Å²) >= 11 is 0. The van der Waals surface area contributed by atoms with E-state index in [0.29, 0.717) is 0 Å². The second-order valence-corrected chi connectivity index (χ2v) is 2.25. The van der Waals surface area contributed by atoms with Gasteiger partial charge in [0.15, 0.2) is 0 Å². The Morgan fingerprint density at radius 2 is 1.07 bits per heavy atom. The number of rotatable bonds is 3. The minimum absolute atomic E-state index is 0.833. The minimum atomic E-state index is -0.833. The fourth-order valence-electron chi connectivity index (χ4n) is 0.250. The van der Waals surface area contributed by atoms with E-state index in [9.17, 15) is 0 Å². The fourth-order valence-corrected chi connectivity index (χ4v) is 0.250. The van der Waals surface area contributed by atoms with Crippen molar-refractivity contribution in [3.63, 3.8) is 0 Å². The monoisotopic (exact) mass is 208 g/mol. The van der Waals surface area contributed by atoms with E-state index < -0.39 is 11.9 Å². The summed E-state index contributed by atoms with van der Waals surface area (Å²) in [6.07, 6.45) is 0. The lowest BCUT2D eigenvalue weighted by Gasteiger charge is -1.92. The van der Waals surface area contributed by atoms with E-state index in [1.54, 1.807) is 0 Å². The summed E-state index contributed by atoms with van der Waals surface area (Å²) in [5, 5.41) is 20.8. The van der Waals surface area contributed by atoms with Crippen molar-refractivity contribution in [1.82, 2.24) is 10.6 Å². The average Bonchev–Trinajstić information content (AvgIpc) is 1.98. The van der Waals surface area contributed by atoms with Crippen molar-refractivity contribution in [2.24, 2.45) is 0 Å². The lowest BCUT2D eigenvalue weighted by molar-refractivity contribution is -0.135. The molecule has 14 heavy (non-hydrogen) atoms. The topological polar surface area (TPSA) is 98.7 Å². The summed E-state index contributed by atoms with van der Waals surface area (Å²) in [7, 11) is 3.88. The standard InChI is InChI=1S/C4H12N2.2C2H4O2/c1-5-3-4-6-2;2*1-2(3)4/h5-6H,3-4H2,1-2H3;2*1H3,(H,3,4). The van der Waals surface area contributed by atoms with Gasteiger partial charge in [0.25, 0.3) is 11.9 Å². The molecule has 0 atom stereocenters. The van der Waals surface area contributed by atoms with Gasteiger partial charge in [-0.15, -0.1) is 0 Å². The molecule has 0 fully saturated rings. The Balaban J connectivity index is -0.000000135. The smallest absolute Gasteiger partial charge is 0.300 e. The molecule has 6 nitrogen and oxygen atoms in total. The maximum absolute atomic E-state index is 9.00. The molecule has 0 aromatic heterocycles. The zero-order chi connectivity index (χ0) is 12.0. The molecule has 0 bridgehead atoms. The Morgan fingerprint density at radius 3 is 1.14 bits per heavy atom. The van der Waals surface area contributed by atoms with Crippen molar-refractivity contribution >= 4 is 11.9 Å². The molecule has 0 heterocycles. The summed E-state index contributed by atoms with van der Waals surface area (Å²) in [6.45, 7) is 4.27. The summed E-state index contributed by atoms with van der Waals surface area (Å²) in [5.74, 6) is -1.67. The van der Waals surface area contributed by atoms with E-state index in [1.807, 2.05) is 14.1 Å². The van der Waals surface area contributed by atoms with Crippen LogP contribution in [0.4, 0.5) is 0 Å². The molecule has 0 aliphatic rings. The first kappa shape index (κ1) is 18.6. The van der Waals surface area contributed by atoms with Crippen LogP contribution < -0.4 is 10.6 Å². The van der Waals surface area contributed by atoms with Crippen LogP contribution in [0.1, 0.15) is 13.8 Å². The van der Waals surface area contributed by atoms with Gasteiger partial charge >= 0.3 is 0 Å². The number of carboxylic acid groups (broad SMARTS) is 2. The molecule has 0 saturated carbocycles. The van der Waals surface area contributed by atoms with E-state index in [-0.39, 0.29) is 0 Å². The first-order chi connectivity index (χ1) is 6.38.